The molecule has 0 aliphatic rings. The van der Waals surface area contributed by atoms with Crippen molar-refractivity contribution in [1.29, 1.82) is 0 Å². The summed E-state index contributed by atoms with van der Waals surface area (Å²) >= 11 is 5.54. The molecule has 122 valence electrons. The molecule has 0 fully saturated rings. The van der Waals surface area contributed by atoms with E-state index in [0.717, 1.165) is 12.1 Å². The number of carboxylic acid groups (broad SMARTS) is 1. The highest BCUT2D eigenvalue weighted by Gasteiger charge is 2.34. The maximum Gasteiger partial charge on any atom is 0.418 e. The molecule has 0 aliphatic carbocycles. The average molecular weight is 339 g/mol. The van der Waals surface area contributed by atoms with Crippen LogP contribution in [0.1, 0.15) is 12.0 Å². The zero-order valence-electron chi connectivity index (χ0n) is 11.6. The van der Waals surface area contributed by atoms with Crippen LogP contribution in [-0.4, -0.2) is 42.0 Å². The number of carbonyl (C=O) groups excluding carboxylic acids is 1. The second-order valence-electron chi connectivity index (χ2n) is 4.62. The van der Waals surface area contributed by atoms with Gasteiger partial charge in [0.25, 0.3) is 0 Å². The van der Waals surface area contributed by atoms with Gasteiger partial charge in [-0.25, -0.2) is 0 Å². The topological polar surface area (TPSA) is 69.6 Å². The maximum atomic E-state index is 12.9. The number of nitrogens with one attached hydrogen (secondary N) is 1. The molecular weight excluding hydrogens is 325 g/mol. The molecule has 0 saturated heterocycles. The molecule has 0 atom stereocenters. The highest BCUT2D eigenvalue weighted by Crippen LogP contribution is 2.36. The fraction of sp³-hybridized carbons (Fsp3) is 0.385. The summed E-state index contributed by atoms with van der Waals surface area (Å²) in [7, 11) is 1.50. The third-order valence-electron chi connectivity index (χ3n) is 2.68. The van der Waals surface area contributed by atoms with Gasteiger partial charge in [-0.15, -0.1) is 0 Å². The minimum absolute atomic E-state index is 0.0936. The van der Waals surface area contributed by atoms with E-state index in [-0.39, 0.29) is 24.5 Å². The van der Waals surface area contributed by atoms with E-state index in [0.29, 0.717) is 0 Å². The Kier molecular flexibility index (Phi) is 6.19. The van der Waals surface area contributed by atoms with Gasteiger partial charge in [-0.3, -0.25) is 14.5 Å². The van der Waals surface area contributed by atoms with Crippen molar-refractivity contribution in [3.63, 3.8) is 0 Å². The minimum Gasteiger partial charge on any atom is -0.481 e. The van der Waals surface area contributed by atoms with Crippen LogP contribution in [0.2, 0.25) is 5.02 Å². The number of alkyl halides is 3. The lowest BCUT2D eigenvalue weighted by Crippen LogP contribution is -2.32. The Morgan fingerprint density at radius 3 is 2.55 bits per heavy atom. The third-order valence-corrected chi connectivity index (χ3v) is 2.92. The smallest absolute Gasteiger partial charge is 0.418 e. The standard InChI is InChI=1S/C13H14ClF3N2O3/c1-19(5-4-12(21)22)7-11(20)18-10-3-2-8(14)6-9(10)13(15,16)17/h2-3,6H,4-5,7H2,1H3,(H,18,20)(H,21,22). The van der Waals surface area contributed by atoms with E-state index < -0.39 is 29.3 Å². The summed E-state index contributed by atoms with van der Waals surface area (Å²) in [5, 5.41) is 10.6. The number of likely N-dealkylation sites (N-methyl/N-ethyl adjacent to an activating group) is 1. The summed E-state index contributed by atoms with van der Waals surface area (Å²) in [6.45, 7) is -0.122. The Hall–Kier alpha value is -1.80. The predicted molar refractivity (Wildman–Crippen MR) is 74.8 cm³/mol. The van der Waals surface area contributed by atoms with Crippen LogP contribution in [0.5, 0.6) is 0 Å². The van der Waals surface area contributed by atoms with Gasteiger partial charge in [-0.05, 0) is 25.2 Å². The van der Waals surface area contributed by atoms with Gasteiger partial charge in [-0.1, -0.05) is 11.6 Å². The first-order valence-corrected chi connectivity index (χ1v) is 6.54. The van der Waals surface area contributed by atoms with E-state index in [1.807, 2.05) is 0 Å². The zero-order valence-corrected chi connectivity index (χ0v) is 12.3. The lowest BCUT2D eigenvalue weighted by molar-refractivity contribution is -0.138. The van der Waals surface area contributed by atoms with Gasteiger partial charge in [-0.2, -0.15) is 13.2 Å². The Bertz CT molecular complexity index is 564. The van der Waals surface area contributed by atoms with Crippen LogP contribution >= 0.6 is 11.6 Å². The Morgan fingerprint density at radius 2 is 2.00 bits per heavy atom. The van der Waals surface area contributed by atoms with E-state index in [1.54, 1.807) is 0 Å². The van der Waals surface area contributed by atoms with Crippen LogP contribution in [0.15, 0.2) is 18.2 Å². The summed E-state index contributed by atoms with van der Waals surface area (Å²) in [5.41, 5.74) is -1.44. The van der Waals surface area contributed by atoms with Crippen LogP contribution in [0, 0.1) is 0 Å². The number of aliphatic carboxylic acids is 1. The third kappa shape index (κ3) is 5.90. The van der Waals surface area contributed by atoms with E-state index in [2.05, 4.69) is 5.32 Å². The number of amides is 1. The van der Waals surface area contributed by atoms with Crippen molar-refractivity contribution >= 4 is 29.2 Å². The molecule has 5 nitrogen and oxygen atoms in total. The van der Waals surface area contributed by atoms with Crippen molar-refractivity contribution in [1.82, 2.24) is 4.90 Å². The zero-order chi connectivity index (χ0) is 16.9. The number of anilines is 1. The van der Waals surface area contributed by atoms with Crippen LogP contribution in [0.3, 0.4) is 0 Å². The lowest BCUT2D eigenvalue weighted by Gasteiger charge is -2.17. The van der Waals surface area contributed by atoms with Gasteiger partial charge in [0, 0.05) is 11.6 Å². The first kappa shape index (κ1) is 18.2. The molecule has 0 aliphatic heterocycles. The summed E-state index contributed by atoms with van der Waals surface area (Å²) < 4.78 is 38.6. The monoisotopic (exact) mass is 338 g/mol. The first-order valence-electron chi connectivity index (χ1n) is 6.16. The number of carbonyl (C=O) groups is 2. The number of carboxylic acids is 1. The number of hydrogen-bond acceptors (Lipinski definition) is 3. The van der Waals surface area contributed by atoms with E-state index >= 15 is 0 Å². The molecule has 0 aromatic heterocycles. The average Bonchev–Trinajstić information content (AvgIpc) is 2.37. The van der Waals surface area contributed by atoms with Crippen LogP contribution in [-0.2, 0) is 15.8 Å². The minimum atomic E-state index is -4.65. The highest BCUT2D eigenvalue weighted by molar-refractivity contribution is 6.30. The molecule has 9 heteroatoms. The fourth-order valence-electron chi connectivity index (χ4n) is 1.66. The normalized spacial score (nSPS) is 11.5. The van der Waals surface area contributed by atoms with E-state index in [9.17, 15) is 22.8 Å². The second kappa shape index (κ2) is 7.46. The molecule has 1 aromatic rings. The highest BCUT2D eigenvalue weighted by atomic mass is 35.5. The van der Waals surface area contributed by atoms with Crippen molar-refractivity contribution in [2.45, 2.75) is 12.6 Å². The lowest BCUT2D eigenvalue weighted by atomic mass is 10.1. The number of rotatable bonds is 6. The quantitative estimate of drug-likeness (QED) is 0.836. The Balaban J connectivity index is 2.74. The largest absolute Gasteiger partial charge is 0.481 e. The molecule has 0 bridgehead atoms. The number of benzene rings is 1. The van der Waals surface area contributed by atoms with Crippen molar-refractivity contribution in [2.75, 3.05) is 25.5 Å². The van der Waals surface area contributed by atoms with Crippen molar-refractivity contribution in [3.8, 4) is 0 Å². The molecule has 1 rings (SSSR count). The number of nitrogens with zero attached hydrogens (tertiary/aromatic N) is 1. The molecule has 0 radical (unpaired) electrons. The van der Waals surface area contributed by atoms with Crippen LogP contribution in [0.25, 0.3) is 0 Å². The molecule has 0 heterocycles. The van der Waals surface area contributed by atoms with Gasteiger partial charge < -0.3 is 10.4 Å². The molecule has 0 unspecified atom stereocenters. The summed E-state index contributed by atoms with van der Waals surface area (Å²) in [4.78, 5) is 23.5. The second-order valence-corrected chi connectivity index (χ2v) is 5.05. The molecular formula is C13H14ClF3N2O3. The van der Waals surface area contributed by atoms with Crippen LogP contribution < -0.4 is 5.32 Å². The Morgan fingerprint density at radius 1 is 1.36 bits per heavy atom. The SMILES string of the molecule is CN(CCC(=O)O)CC(=O)Nc1ccc(Cl)cc1C(F)(F)F. The van der Waals surface area contributed by atoms with Gasteiger partial charge in [0.05, 0.1) is 24.2 Å². The van der Waals surface area contributed by atoms with E-state index in [4.69, 9.17) is 16.7 Å². The molecule has 1 aromatic carbocycles. The molecule has 2 N–H and O–H groups in total. The molecule has 0 spiro atoms. The van der Waals surface area contributed by atoms with Crippen molar-refractivity contribution < 1.29 is 27.9 Å². The summed E-state index contributed by atoms with van der Waals surface area (Å²) in [6.07, 6.45) is -4.82. The maximum absolute atomic E-state index is 12.9. The number of hydrogen-bond donors (Lipinski definition) is 2. The van der Waals surface area contributed by atoms with E-state index in [1.165, 1.54) is 18.0 Å². The van der Waals surface area contributed by atoms with Gasteiger partial charge >= 0.3 is 12.1 Å². The van der Waals surface area contributed by atoms with Crippen molar-refractivity contribution in [2.24, 2.45) is 0 Å². The molecule has 22 heavy (non-hydrogen) atoms. The van der Waals surface area contributed by atoms with Gasteiger partial charge in [0.1, 0.15) is 0 Å². The van der Waals surface area contributed by atoms with Gasteiger partial charge in [0.2, 0.25) is 5.91 Å². The first-order chi connectivity index (χ1) is 10.1. The Labute approximate surface area is 129 Å². The number of halogens is 4. The summed E-state index contributed by atoms with van der Waals surface area (Å²) in [5.74, 6) is -1.70. The van der Waals surface area contributed by atoms with Gasteiger partial charge in [0.15, 0.2) is 0 Å². The van der Waals surface area contributed by atoms with Crippen LogP contribution in [0.4, 0.5) is 18.9 Å². The fourth-order valence-corrected chi connectivity index (χ4v) is 1.83. The molecule has 1 amide bonds. The predicted octanol–water partition coefficient (Wildman–Crippen LogP) is 2.70. The van der Waals surface area contributed by atoms with Crippen molar-refractivity contribution in [3.05, 3.63) is 28.8 Å². The molecule has 0 saturated carbocycles. The summed E-state index contributed by atoms with van der Waals surface area (Å²) in [6, 6.07) is 3.03.